The van der Waals surface area contributed by atoms with Crippen molar-refractivity contribution < 1.29 is 4.11 Å². The summed E-state index contributed by atoms with van der Waals surface area (Å²) in [5, 5.41) is 0. The van der Waals surface area contributed by atoms with E-state index in [9.17, 15) is 0 Å². The van der Waals surface area contributed by atoms with Crippen LogP contribution in [0.5, 0.6) is 0 Å². The average molecular weight is 791 g/mol. The highest BCUT2D eigenvalue weighted by Crippen LogP contribution is 2.64. The van der Waals surface area contributed by atoms with E-state index in [1.54, 1.807) is 0 Å². The smallest absolute Gasteiger partial charge is 0.0726 e. The maximum Gasteiger partial charge on any atom is 0.0726 e. The Balaban J connectivity index is 1.20. The van der Waals surface area contributed by atoms with Crippen molar-refractivity contribution in [2.45, 2.75) is 77.0 Å². The Kier molecular flexibility index (Phi) is 7.33. The highest BCUT2D eigenvalue weighted by molar-refractivity contribution is 5.99. The van der Waals surface area contributed by atoms with Crippen LogP contribution in [0.1, 0.15) is 104 Å². The summed E-state index contributed by atoms with van der Waals surface area (Å²) in [5.41, 5.74) is 21.2. The van der Waals surface area contributed by atoms with Crippen LogP contribution in [-0.4, -0.2) is 0 Å². The van der Waals surface area contributed by atoms with Gasteiger partial charge in [-0.3, -0.25) is 0 Å². The first-order valence-corrected chi connectivity index (χ1v) is 21.8. The van der Waals surface area contributed by atoms with Crippen LogP contribution in [0.2, 0.25) is 0 Å². The third-order valence-electron chi connectivity index (χ3n) is 14.1. The first-order valence-electron chi connectivity index (χ1n) is 23.3. The van der Waals surface area contributed by atoms with Crippen LogP contribution < -0.4 is 4.90 Å². The molecule has 0 saturated carbocycles. The summed E-state index contributed by atoms with van der Waals surface area (Å²) < 4.78 is 24.9. The van der Waals surface area contributed by atoms with Crippen LogP contribution in [-0.2, 0) is 21.7 Å². The van der Waals surface area contributed by atoms with Crippen LogP contribution in [0, 0.1) is 0 Å². The fourth-order valence-corrected chi connectivity index (χ4v) is 11.1. The molecule has 0 amide bonds. The number of benzene rings is 8. The second-order valence-electron chi connectivity index (χ2n) is 19.5. The van der Waals surface area contributed by atoms with Gasteiger partial charge in [-0.15, -0.1) is 0 Å². The predicted molar refractivity (Wildman–Crippen MR) is 258 cm³/mol. The molecule has 1 unspecified atom stereocenters. The molecule has 0 N–H and O–H groups in total. The van der Waals surface area contributed by atoms with Crippen molar-refractivity contribution in [2.75, 3.05) is 4.90 Å². The molecule has 61 heavy (non-hydrogen) atoms. The van der Waals surface area contributed by atoms with E-state index in [0.29, 0.717) is 0 Å². The van der Waals surface area contributed by atoms with Crippen molar-refractivity contribution in [2.24, 2.45) is 0 Å². The summed E-state index contributed by atoms with van der Waals surface area (Å²) in [6.07, 6.45) is 0. The second kappa shape index (κ2) is 13.0. The normalized spacial score (nSPS) is 17.3. The number of hydrogen-bond donors (Lipinski definition) is 0. The van der Waals surface area contributed by atoms with E-state index < -0.39 is 17.7 Å². The van der Waals surface area contributed by atoms with E-state index in [1.165, 1.54) is 72.3 Å². The first kappa shape index (κ1) is 34.3. The van der Waals surface area contributed by atoms with Gasteiger partial charge in [0, 0.05) is 20.8 Å². The third-order valence-corrected chi connectivity index (χ3v) is 14.1. The lowest BCUT2D eigenvalue weighted by molar-refractivity contribution is 0.588. The van der Waals surface area contributed by atoms with Gasteiger partial charge >= 0.3 is 0 Å². The zero-order valence-electron chi connectivity index (χ0n) is 39.2. The SMILES string of the molecule is [2H]C([2H])([2H])C(C)(C)c1ccc(-c2ccccc2N(c2ccc3c(c2)C2(c4ccccc4-3)c3ccccc3-c3ccc(C(C)(C)C)cc32)c2cccc3c2C(C)(C)c2ccccc2-3)cc1. The van der Waals surface area contributed by atoms with Gasteiger partial charge in [-0.05, 0) is 119 Å². The van der Waals surface area contributed by atoms with E-state index >= 15 is 0 Å². The van der Waals surface area contributed by atoms with Crippen molar-refractivity contribution in [1.29, 1.82) is 0 Å². The Morgan fingerprint density at radius 3 is 1.54 bits per heavy atom. The van der Waals surface area contributed by atoms with Crippen LogP contribution in [0.15, 0.2) is 176 Å². The van der Waals surface area contributed by atoms with Crippen molar-refractivity contribution in [3.8, 4) is 44.5 Å². The number of para-hydroxylation sites is 1. The maximum atomic E-state index is 8.31. The zero-order valence-corrected chi connectivity index (χ0v) is 36.2. The van der Waals surface area contributed by atoms with E-state index in [-0.39, 0.29) is 10.8 Å². The zero-order chi connectivity index (χ0) is 44.6. The monoisotopic (exact) mass is 790 g/mol. The minimum absolute atomic E-state index is 0.0347. The molecule has 3 aliphatic carbocycles. The molecule has 0 radical (unpaired) electrons. The summed E-state index contributed by atoms with van der Waals surface area (Å²) in [4.78, 5) is 2.51. The highest BCUT2D eigenvalue weighted by atomic mass is 15.1. The number of anilines is 3. The topological polar surface area (TPSA) is 3.24 Å². The molecule has 0 bridgehead atoms. The third kappa shape index (κ3) is 5.32. The molecule has 1 spiro atoms. The summed E-state index contributed by atoms with van der Waals surface area (Å²) in [7, 11) is 0. The van der Waals surface area contributed by atoms with Crippen LogP contribution in [0.4, 0.5) is 17.1 Å². The lowest BCUT2D eigenvalue weighted by atomic mass is 9.69. The largest absolute Gasteiger partial charge is 0.310 e. The van der Waals surface area contributed by atoms with E-state index in [2.05, 4.69) is 203 Å². The fourth-order valence-electron chi connectivity index (χ4n) is 11.1. The predicted octanol–water partition coefficient (Wildman–Crippen LogP) is 16.1. The number of fused-ring (bicyclic) bond motifs is 13. The van der Waals surface area contributed by atoms with Gasteiger partial charge in [0.15, 0.2) is 0 Å². The van der Waals surface area contributed by atoms with E-state index in [4.69, 9.17) is 4.11 Å². The van der Waals surface area contributed by atoms with E-state index in [1.807, 2.05) is 26.0 Å². The molecule has 0 saturated heterocycles. The van der Waals surface area contributed by atoms with Gasteiger partial charge in [-0.25, -0.2) is 0 Å². The minimum Gasteiger partial charge on any atom is -0.310 e. The number of hydrogen-bond acceptors (Lipinski definition) is 1. The average Bonchev–Trinajstić information content (AvgIpc) is 3.84. The summed E-state index contributed by atoms with van der Waals surface area (Å²) in [6.45, 7) is 13.2. The van der Waals surface area contributed by atoms with Gasteiger partial charge in [0.2, 0.25) is 0 Å². The molecule has 298 valence electrons. The van der Waals surface area contributed by atoms with Crippen molar-refractivity contribution >= 4 is 17.1 Å². The summed E-state index contributed by atoms with van der Waals surface area (Å²) >= 11 is 0. The van der Waals surface area contributed by atoms with Gasteiger partial charge < -0.3 is 4.90 Å². The minimum atomic E-state index is -2.14. The Hall–Kier alpha value is -6.44. The van der Waals surface area contributed by atoms with Crippen LogP contribution in [0.25, 0.3) is 44.5 Å². The molecule has 0 aliphatic heterocycles. The first-order chi connectivity index (χ1) is 30.5. The Morgan fingerprint density at radius 2 is 0.902 bits per heavy atom. The molecule has 8 aromatic rings. The van der Waals surface area contributed by atoms with Crippen LogP contribution >= 0.6 is 0 Å². The molecule has 0 heterocycles. The molecular weight excluding hydrogens is 735 g/mol. The van der Waals surface area contributed by atoms with Gasteiger partial charge in [-0.1, -0.05) is 207 Å². The van der Waals surface area contributed by atoms with Gasteiger partial charge in [0.1, 0.15) is 0 Å². The van der Waals surface area contributed by atoms with Gasteiger partial charge in [0.05, 0.1) is 16.8 Å². The molecule has 1 nitrogen and oxygen atoms in total. The molecular formula is C60H53N. The molecule has 0 aromatic heterocycles. The molecule has 1 heteroatoms. The lowest BCUT2D eigenvalue weighted by Gasteiger charge is -2.35. The molecule has 8 aromatic carbocycles. The Labute approximate surface area is 366 Å². The number of nitrogens with zero attached hydrogens (tertiary/aromatic N) is 1. The quantitative estimate of drug-likeness (QED) is 0.172. The van der Waals surface area contributed by atoms with Gasteiger partial charge in [-0.2, -0.15) is 0 Å². The Bertz CT molecular complexity index is 3180. The van der Waals surface area contributed by atoms with Crippen molar-refractivity contribution in [3.05, 3.63) is 220 Å². The summed E-state index contributed by atoms with van der Waals surface area (Å²) in [5.74, 6) is 0. The Morgan fingerprint density at radius 1 is 0.410 bits per heavy atom. The fraction of sp³-hybridized carbons (Fsp3) is 0.200. The van der Waals surface area contributed by atoms with Crippen molar-refractivity contribution in [3.63, 3.8) is 0 Å². The molecule has 3 aliphatic rings. The standard InChI is InChI=1S/C60H53N/c1-57(2,3)39-30-28-38(29-31-39)42-18-12-16-26-54(42)61(55-27-17-22-48-45-21-9-13-23-49(45)59(7,8)56(48)55)41-33-35-47-44-20-11-15-25-51(44)60(53(47)37-41)50-24-14-10-19-43(50)46-34-32-40(36-52(46)60)58(4,5)6/h9-37H,1-8H3/i1D3. The lowest BCUT2D eigenvalue weighted by Crippen LogP contribution is -2.27. The van der Waals surface area contributed by atoms with Crippen molar-refractivity contribution in [1.82, 2.24) is 0 Å². The van der Waals surface area contributed by atoms with E-state index in [0.717, 1.165) is 33.8 Å². The molecule has 0 fully saturated rings. The second-order valence-corrected chi connectivity index (χ2v) is 19.5. The van der Waals surface area contributed by atoms with Crippen LogP contribution in [0.3, 0.4) is 0 Å². The highest BCUT2D eigenvalue weighted by Gasteiger charge is 2.52. The maximum absolute atomic E-state index is 8.31. The summed E-state index contributed by atoms with van der Waals surface area (Å²) in [6, 6.07) is 65.1. The molecule has 1 atom stereocenters. The van der Waals surface area contributed by atoms with Gasteiger partial charge in [0.25, 0.3) is 0 Å². The molecule has 11 rings (SSSR count). The number of rotatable bonds is 4.